The molecular weight excluding hydrogens is 359 g/mol. The number of ether oxygens (including phenoxy) is 1. The number of halogens is 1. The SMILES string of the molecule is COc1ccc(C(c2cnc3ccccc3c2)N2CCCC2C(=O)O)cc1F. The Balaban J connectivity index is 1.85. The standard InChI is InChI=1S/C22H21FN2O3/c1-28-20-9-8-15(12-17(20)23)21(25-10-4-7-19(25)22(26)27)16-11-14-5-2-3-6-18(14)24-13-16/h2-3,5-6,8-9,11-13,19,21H,4,7,10H2,1H3,(H,26,27). The Morgan fingerprint density at radius 3 is 2.82 bits per heavy atom. The summed E-state index contributed by atoms with van der Waals surface area (Å²) >= 11 is 0. The third-order valence-electron chi connectivity index (χ3n) is 5.33. The molecule has 0 amide bonds. The molecule has 5 nitrogen and oxygen atoms in total. The molecule has 2 unspecified atom stereocenters. The molecule has 2 aromatic carbocycles. The maximum absolute atomic E-state index is 14.4. The number of para-hydroxylation sites is 1. The number of nitrogens with zero attached hydrogens (tertiary/aromatic N) is 2. The number of hydrogen-bond acceptors (Lipinski definition) is 4. The fourth-order valence-electron chi connectivity index (χ4n) is 4.03. The Hall–Kier alpha value is -2.99. The Labute approximate surface area is 162 Å². The molecule has 1 aliphatic heterocycles. The monoisotopic (exact) mass is 380 g/mol. The predicted octanol–water partition coefficient (Wildman–Crippen LogP) is 4.02. The van der Waals surface area contributed by atoms with Gasteiger partial charge in [0.25, 0.3) is 0 Å². The number of carbonyl (C=O) groups is 1. The fourth-order valence-corrected chi connectivity index (χ4v) is 4.03. The van der Waals surface area contributed by atoms with E-state index in [1.165, 1.54) is 13.2 Å². The molecule has 0 spiro atoms. The first-order valence-electron chi connectivity index (χ1n) is 9.25. The van der Waals surface area contributed by atoms with Gasteiger partial charge in [-0.2, -0.15) is 0 Å². The molecule has 2 atom stereocenters. The van der Waals surface area contributed by atoms with Crippen molar-refractivity contribution in [1.29, 1.82) is 0 Å². The van der Waals surface area contributed by atoms with Crippen LogP contribution < -0.4 is 4.74 Å². The van der Waals surface area contributed by atoms with E-state index < -0.39 is 23.9 Å². The fraction of sp³-hybridized carbons (Fsp3) is 0.273. The molecule has 28 heavy (non-hydrogen) atoms. The van der Waals surface area contributed by atoms with Crippen LogP contribution in [0, 0.1) is 5.82 Å². The summed E-state index contributed by atoms with van der Waals surface area (Å²) in [6.07, 6.45) is 3.12. The molecule has 1 aromatic heterocycles. The molecule has 0 bridgehead atoms. The van der Waals surface area contributed by atoms with Crippen molar-refractivity contribution in [3.63, 3.8) is 0 Å². The van der Waals surface area contributed by atoms with Gasteiger partial charge in [0.1, 0.15) is 6.04 Å². The van der Waals surface area contributed by atoms with E-state index in [9.17, 15) is 14.3 Å². The molecule has 1 saturated heterocycles. The lowest BCUT2D eigenvalue weighted by atomic mass is 9.96. The van der Waals surface area contributed by atoms with E-state index in [4.69, 9.17) is 4.74 Å². The topological polar surface area (TPSA) is 62.7 Å². The summed E-state index contributed by atoms with van der Waals surface area (Å²) in [5.74, 6) is -1.16. The number of benzene rings is 2. The molecule has 0 aliphatic carbocycles. The van der Waals surface area contributed by atoms with Gasteiger partial charge in [0, 0.05) is 18.1 Å². The Bertz CT molecular complexity index is 1020. The summed E-state index contributed by atoms with van der Waals surface area (Å²) in [6.45, 7) is 0.627. The molecule has 1 fully saturated rings. The minimum atomic E-state index is -0.856. The van der Waals surface area contributed by atoms with Gasteiger partial charge in [0.2, 0.25) is 0 Å². The number of carboxylic acids is 1. The normalized spacial score (nSPS) is 18.3. The number of methoxy groups -OCH3 is 1. The molecule has 6 heteroatoms. The maximum Gasteiger partial charge on any atom is 0.320 e. The Morgan fingerprint density at radius 2 is 2.07 bits per heavy atom. The van der Waals surface area contributed by atoms with E-state index in [0.29, 0.717) is 18.5 Å². The number of pyridine rings is 1. The molecule has 0 radical (unpaired) electrons. The van der Waals surface area contributed by atoms with Crippen molar-refractivity contribution in [2.75, 3.05) is 13.7 Å². The minimum Gasteiger partial charge on any atom is -0.494 e. The van der Waals surface area contributed by atoms with Gasteiger partial charge in [-0.1, -0.05) is 24.3 Å². The summed E-state index contributed by atoms with van der Waals surface area (Å²) in [7, 11) is 1.42. The van der Waals surface area contributed by atoms with Crippen LogP contribution in [0.25, 0.3) is 10.9 Å². The van der Waals surface area contributed by atoms with Crippen molar-refractivity contribution in [2.24, 2.45) is 0 Å². The van der Waals surface area contributed by atoms with Gasteiger partial charge in [-0.05, 0) is 48.2 Å². The summed E-state index contributed by atoms with van der Waals surface area (Å²) < 4.78 is 19.5. The molecule has 1 N–H and O–H groups in total. The molecule has 0 saturated carbocycles. The first-order valence-corrected chi connectivity index (χ1v) is 9.25. The van der Waals surface area contributed by atoms with Gasteiger partial charge in [0.05, 0.1) is 18.7 Å². The van der Waals surface area contributed by atoms with Crippen LogP contribution in [0.1, 0.15) is 30.0 Å². The maximum atomic E-state index is 14.4. The lowest BCUT2D eigenvalue weighted by Crippen LogP contribution is -2.39. The highest BCUT2D eigenvalue weighted by atomic mass is 19.1. The summed E-state index contributed by atoms with van der Waals surface area (Å²) in [6, 6.07) is 13.5. The van der Waals surface area contributed by atoms with Crippen LogP contribution in [0.2, 0.25) is 0 Å². The quantitative estimate of drug-likeness (QED) is 0.724. The number of fused-ring (bicyclic) bond motifs is 1. The zero-order chi connectivity index (χ0) is 19.7. The van der Waals surface area contributed by atoms with E-state index in [2.05, 4.69) is 4.98 Å². The van der Waals surface area contributed by atoms with Crippen LogP contribution in [0.4, 0.5) is 4.39 Å². The Morgan fingerprint density at radius 1 is 1.25 bits per heavy atom. The van der Waals surface area contributed by atoms with Crippen LogP contribution in [0.3, 0.4) is 0 Å². The number of rotatable bonds is 5. The van der Waals surface area contributed by atoms with Crippen molar-refractivity contribution in [1.82, 2.24) is 9.88 Å². The zero-order valence-electron chi connectivity index (χ0n) is 15.5. The second-order valence-electron chi connectivity index (χ2n) is 6.99. The van der Waals surface area contributed by atoms with Gasteiger partial charge >= 0.3 is 5.97 Å². The number of likely N-dealkylation sites (tertiary alicyclic amines) is 1. The molecule has 1 aliphatic rings. The van der Waals surface area contributed by atoms with E-state index >= 15 is 0 Å². The number of hydrogen-bond donors (Lipinski definition) is 1. The number of carboxylic acid groups (broad SMARTS) is 1. The van der Waals surface area contributed by atoms with Crippen molar-refractivity contribution in [2.45, 2.75) is 24.9 Å². The van der Waals surface area contributed by atoms with Gasteiger partial charge in [-0.25, -0.2) is 4.39 Å². The second kappa shape index (κ2) is 7.56. The highest BCUT2D eigenvalue weighted by Gasteiger charge is 2.37. The highest BCUT2D eigenvalue weighted by Crippen LogP contribution is 2.36. The third kappa shape index (κ3) is 3.31. The predicted molar refractivity (Wildman–Crippen MR) is 104 cm³/mol. The van der Waals surface area contributed by atoms with E-state index in [1.54, 1.807) is 18.3 Å². The van der Waals surface area contributed by atoms with Crippen LogP contribution in [0.5, 0.6) is 5.75 Å². The number of aliphatic carboxylic acids is 1. The van der Waals surface area contributed by atoms with Gasteiger partial charge in [-0.3, -0.25) is 14.7 Å². The van der Waals surface area contributed by atoms with Gasteiger partial charge in [0.15, 0.2) is 11.6 Å². The van der Waals surface area contributed by atoms with Crippen molar-refractivity contribution in [3.8, 4) is 5.75 Å². The van der Waals surface area contributed by atoms with Gasteiger partial charge in [-0.15, -0.1) is 0 Å². The molecular formula is C22H21FN2O3. The van der Waals surface area contributed by atoms with Crippen LogP contribution in [0.15, 0.2) is 54.7 Å². The van der Waals surface area contributed by atoms with Crippen molar-refractivity contribution in [3.05, 3.63) is 71.7 Å². The smallest absolute Gasteiger partial charge is 0.320 e. The summed E-state index contributed by atoms with van der Waals surface area (Å²) in [5, 5.41) is 10.6. The van der Waals surface area contributed by atoms with E-state index in [0.717, 1.165) is 22.9 Å². The highest BCUT2D eigenvalue weighted by molar-refractivity contribution is 5.79. The lowest BCUT2D eigenvalue weighted by molar-refractivity contribution is -0.142. The van der Waals surface area contributed by atoms with Crippen LogP contribution in [-0.4, -0.2) is 40.7 Å². The molecule has 4 rings (SSSR count). The molecule has 3 aromatic rings. The lowest BCUT2D eigenvalue weighted by Gasteiger charge is -2.32. The summed E-state index contributed by atoms with van der Waals surface area (Å²) in [4.78, 5) is 18.3. The van der Waals surface area contributed by atoms with Crippen LogP contribution >= 0.6 is 0 Å². The third-order valence-corrected chi connectivity index (χ3v) is 5.33. The van der Waals surface area contributed by atoms with Crippen molar-refractivity contribution >= 4 is 16.9 Å². The zero-order valence-corrected chi connectivity index (χ0v) is 15.5. The van der Waals surface area contributed by atoms with E-state index in [-0.39, 0.29) is 5.75 Å². The average Bonchev–Trinajstić information content (AvgIpc) is 3.18. The van der Waals surface area contributed by atoms with Crippen molar-refractivity contribution < 1.29 is 19.0 Å². The van der Waals surface area contributed by atoms with Crippen LogP contribution in [-0.2, 0) is 4.79 Å². The average molecular weight is 380 g/mol. The molecule has 144 valence electrons. The first-order chi connectivity index (χ1) is 13.6. The Kier molecular flexibility index (Phi) is 4.96. The van der Waals surface area contributed by atoms with Gasteiger partial charge < -0.3 is 9.84 Å². The number of aromatic nitrogens is 1. The summed E-state index contributed by atoms with van der Waals surface area (Å²) in [5.41, 5.74) is 2.39. The molecule has 2 heterocycles. The van der Waals surface area contributed by atoms with E-state index in [1.807, 2.05) is 35.2 Å². The first kappa shape index (κ1) is 18.4. The largest absolute Gasteiger partial charge is 0.494 e. The minimum absolute atomic E-state index is 0.162. The second-order valence-corrected chi connectivity index (χ2v) is 6.99.